The van der Waals surface area contributed by atoms with Gasteiger partial charge in [-0.05, 0) is 55.9 Å². The van der Waals surface area contributed by atoms with Crippen LogP contribution in [0.15, 0.2) is 11.6 Å². The van der Waals surface area contributed by atoms with Crippen LogP contribution >= 0.6 is 0 Å². The molecule has 7 heteroatoms. The second-order valence-corrected chi connectivity index (χ2v) is 11.3. The molecule has 0 aromatic rings. The Balaban J connectivity index is 1.49. The van der Waals surface area contributed by atoms with E-state index in [2.05, 4.69) is 13.8 Å². The van der Waals surface area contributed by atoms with Crippen LogP contribution in [0.2, 0.25) is 0 Å². The summed E-state index contributed by atoms with van der Waals surface area (Å²) in [6.45, 7) is 6.46. The van der Waals surface area contributed by atoms with Gasteiger partial charge >= 0.3 is 0 Å². The molecule has 1 unspecified atom stereocenters. The van der Waals surface area contributed by atoms with Gasteiger partial charge in [-0.1, -0.05) is 26.8 Å². The number of fused-ring (bicyclic) bond motifs is 7. The molecule has 2 heterocycles. The summed E-state index contributed by atoms with van der Waals surface area (Å²) in [5.74, 6) is -1.79. The van der Waals surface area contributed by atoms with Crippen molar-refractivity contribution in [1.29, 1.82) is 0 Å². The minimum atomic E-state index is -1.85. The molecule has 2 saturated heterocycles. The molecular formula is C24H34F2O5. The zero-order valence-corrected chi connectivity index (χ0v) is 18.7. The van der Waals surface area contributed by atoms with Crippen molar-refractivity contribution in [2.45, 2.75) is 88.6 Å². The molecule has 0 amide bonds. The highest BCUT2D eigenvalue weighted by Gasteiger charge is 2.82. The summed E-state index contributed by atoms with van der Waals surface area (Å²) in [6, 6.07) is 0. The molecule has 3 saturated carbocycles. The zero-order chi connectivity index (χ0) is 21.9. The lowest BCUT2D eigenvalue weighted by atomic mass is 9.43. The van der Waals surface area contributed by atoms with E-state index in [4.69, 9.17) is 18.9 Å². The summed E-state index contributed by atoms with van der Waals surface area (Å²) in [4.78, 5) is 0. The SMILES string of the molecule is C[C@H]1C[C@H]2[C@@H]3C[C@H](F)C4=CCCC[C@]4(C)[C@@]3(F)[C@@H](O)C[C@]2(C)[C@]12OCOC21COCO1. The molecule has 6 aliphatic rings. The van der Waals surface area contributed by atoms with Crippen LogP contribution in [0, 0.1) is 28.6 Å². The Morgan fingerprint density at radius 3 is 2.61 bits per heavy atom. The van der Waals surface area contributed by atoms with Gasteiger partial charge in [-0.15, -0.1) is 0 Å². The van der Waals surface area contributed by atoms with Crippen molar-refractivity contribution in [2.75, 3.05) is 20.2 Å². The van der Waals surface area contributed by atoms with Crippen molar-refractivity contribution in [3.05, 3.63) is 11.6 Å². The summed E-state index contributed by atoms with van der Waals surface area (Å²) in [5, 5.41) is 11.5. The van der Waals surface area contributed by atoms with E-state index in [0.29, 0.717) is 18.4 Å². The average molecular weight is 441 g/mol. The Morgan fingerprint density at radius 2 is 1.87 bits per heavy atom. The Labute approximate surface area is 182 Å². The fourth-order valence-electron chi connectivity index (χ4n) is 9.28. The van der Waals surface area contributed by atoms with Gasteiger partial charge in [-0.3, -0.25) is 0 Å². The summed E-state index contributed by atoms with van der Waals surface area (Å²) in [6.07, 6.45) is 2.76. The maximum Gasteiger partial charge on any atom is 0.227 e. The second kappa shape index (κ2) is 6.29. The van der Waals surface area contributed by atoms with Crippen LogP contribution < -0.4 is 0 Å². The normalized spacial score (nSPS) is 60.7. The van der Waals surface area contributed by atoms with E-state index in [0.717, 1.165) is 12.8 Å². The number of aliphatic hydroxyl groups excluding tert-OH is 1. The van der Waals surface area contributed by atoms with Crippen molar-refractivity contribution in [1.82, 2.24) is 0 Å². The van der Waals surface area contributed by atoms with Crippen LogP contribution in [-0.2, 0) is 18.9 Å². The van der Waals surface area contributed by atoms with Gasteiger partial charge in [0.2, 0.25) is 5.79 Å². The molecule has 6 rings (SSSR count). The molecule has 0 radical (unpaired) electrons. The Bertz CT molecular complexity index is 808. The van der Waals surface area contributed by atoms with Crippen molar-refractivity contribution < 1.29 is 32.8 Å². The molecule has 31 heavy (non-hydrogen) atoms. The fraction of sp³-hybridized carbons (Fsp3) is 0.917. The molecule has 174 valence electrons. The van der Waals surface area contributed by atoms with Gasteiger partial charge in [0.1, 0.15) is 24.0 Å². The van der Waals surface area contributed by atoms with E-state index in [9.17, 15) is 5.11 Å². The van der Waals surface area contributed by atoms with E-state index in [-0.39, 0.29) is 44.9 Å². The first-order valence-electron chi connectivity index (χ1n) is 11.9. The van der Waals surface area contributed by atoms with Crippen molar-refractivity contribution in [3.63, 3.8) is 0 Å². The molecule has 0 bridgehead atoms. The topological polar surface area (TPSA) is 57.2 Å². The molecule has 10 atom stereocenters. The Kier molecular flexibility index (Phi) is 4.25. The Morgan fingerprint density at radius 1 is 1.10 bits per heavy atom. The average Bonchev–Trinajstić information content (AvgIpc) is 3.41. The molecule has 4 aliphatic carbocycles. The summed E-state index contributed by atoms with van der Waals surface area (Å²) in [5.41, 5.74) is -3.73. The summed E-state index contributed by atoms with van der Waals surface area (Å²) in [7, 11) is 0. The number of rotatable bonds is 0. The first kappa shape index (κ1) is 21.0. The molecule has 1 N–H and O–H groups in total. The lowest BCUT2D eigenvalue weighted by molar-refractivity contribution is -0.282. The van der Waals surface area contributed by atoms with Crippen LogP contribution in [0.4, 0.5) is 8.78 Å². The number of allylic oxidation sites excluding steroid dienone is 2. The van der Waals surface area contributed by atoms with E-state index in [1.807, 2.05) is 13.0 Å². The molecule has 5 nitrogen and oxygen atoms in total. The molecule has 5 fully saturated rings. The summed E-state index contributed by atoms with van der Waals surface area (Å²) < 4.78 is 56.8. The first-order chi connectivity index (χ1) is 14.7. The van der Waals surface area contributed by atoms with Gasteiger partial charge in [0.05, 0.1) is 6.10 Å². The molecule has 2 aliphatic heterocycles. The first-order valence-corrected chi connectivity index (χ1v) is 11.9. The smallest absolute Gasteiger partial charge is 0.227 e. The standard InChI is InChI=1S/C24H34F2O5/c1-14-8-16-17-9-18(25)15-6-4-5-7-20(15,2)23(17,26)19(27)10-21(16,3)24(14)22(30-13-31-24)11-28-12-29-22/h6,14,16-19,27H,4-5,7-13H2,1-3H3/t14-,16-,17-,18-,19-,20-,21-,22?,23-,24+/m0/s1. The van der Waals surface area contributed by atoms with Crippen LogP contribution in [0.5, 0.6) is 0 Å². The quantitative estimate of drug-likeness (QED) is 0.576. The van der Waals surface area contributed by atoms with E-state index < -0.39 is 46.1 Å². The van der Waals surface area contributed by atoms with Crippen LogP contribution in [-0.4, -0.2) is 54.6 Å². The van der Waals surface area contributed by atoms with Crippen LogP contribution in [0.25, 0.3) is 0 Å². The highest BCUT2D eigenvalue weighted by molar-refractivity contribution is 5.36. The Hall–Kier alpha value is -0.600. The third-order valence-electron chi connectivity index (χ3n) is 10.4. The highest BCUT2D eigenvalue weighted by atomic mass is 19.1. The van der Waals surface area contributed by atoms with E-state index in [1.165, 1.54) is 0 Å². The maximum absolute atomic E-state index is 17.3. The van der Waals surface area contributed by atoms with Crippen LogP contribution in [0.1, 0.15) is 59.3 Å². The van der Waals surface area contributed by atoms with E-state index in [1.54, 1.807) is 0 Å². The summed E-state index contributed by atoms with van der Waals surface area (Å²) >= 11 is 0. The maximum atomic E-state index is 17.3. The second-order valence-electron chi connectivity index (χ2n) is 11.3. The van der Waals surface area contributed by atoms with Crippen molar-refractivity contribution in [3.8, 4) is 0 Å². The highest BCUT2D eigenvalue weighted by Crippen LogP contribution is 2.74. The zero-order valence-electron chi connectivity index (χ0n) is 18.7. The number of alkyl halides is 2. The lowest BCUT2D eigenvalue weighted by Crippen LogP contribution is -2.72. The third-order valence-corrected chi connectivity index (χ3v) is 10.4. The van der Waals surface area contributed by atoms with Gasteiger partial charge in [-0.25, -0.2) is 8.78 Å². The number of aliphatic hydroxyl groups is 1. The van der Waals surface area contributed by atoms with Crippen molar-refractivity contribution in [2.24, 2.45) is 28.6 Å². The number of hydrogen-bond acceptors (Lipinski definition) is 5. The van der Waals surface area contributed by atoms with Gasteiger partial charge in [0.25, 0.3) is 0 Å². The monoisotopic (exact) mass is 440 g/mol. The molecule has 0 aromatic heterocycles. The van der Waals surface area contributed by atoms with Gasteiger partial charge in [-0.2, -0.15) is 0 Å². The van der Waals surface area contributed by atoms with Crippen LogP contribution in [0.3, 0.4) is 0 Å². The predicted molar refractivity (Wildman–Crippen MR) is 107 cm³/mol. The number of hydrogen-bond donors (Lipinski definition) is 1. The number of halogens is 2. The van der Waals surface area contributed by atoms with Gasteiger partial charge < -0.3 is 24.1 Å². The molecule has 0 aromatic carbocycles. The lowest BCUT2D eigenvalue weighted by Gasteiger charge is -2.64. The fourth-order valence-corrected chi connectivity index (χ4v) is 9.28. The molecular weight excluding hydrogens is 406 g/mol. The predicted octanol–water partition coefficient (Wildman–Crippen LogP) is 4.04. The van der Waals surface area contributed by atoms with E-state index >= 15 is 8.78 Å². The van der Waals surface area contributed by atoms with Gasteiger partial charge in [0.15, 0.2) is 13.6 Å². The largest absolute Gasteiger partial charge is 0.390 e. The minimum Gasteiger partial charge on any atom is -0.390 e. The number of ether oxygens (including phenoxy) is 4. The van der Waals surface area contributed by atoms with Crippen molar-refractivity contribution >= 4 is 0 Å². The molecule has 2 spiro atoms. The third kappa shape index (κ3) is 2.10. The van der Waals surface area contributed by atoms with Gasteiger partial charge in [0, 0.05) is 16.7 Å². The minimum absolute atomic E-state index is 0.00425.